The molecular formula is C30H31N3O2. The molecule has 5 nitrogen and oxygen atoms in total. The summed E-state index contributed by atoms with van der Waals surface area (Å²) < 4.78 is 0. The largest absolute Gasteiger partial charge is 0.368 e. The minimum atomic E-state index is -0.377. The van der Waals surface area contributed by atoms with Crippen molar-refractivity contribution in [3.63, 3.8) is 0 Å². The maximum absolute atomic E-state index is 14.2. The molecule has 3 aliphatic heterocycles. The summed E-state index contributed by atoms with van der Waals surface area (Å²) in [4.78, 5) is 34.0. The fourth-order valence-electron chi connectivity index (χ4n) is 6.18. The molecule has 3 aliphatic rings. The third-order valence-electron chi connectivity index (χ3n) is 8.21. The molecule has 1 fully saturated rings. The molecule has 2 amide bonds. The van der Waals surface area contributed by atoms with Crippen molar-refractivity contribution in [3.8, 4) is 0 Å². The van der Waals surface area contributed by atoms with Gasteiger partial charge in [0.25, 0.3) is 5.91 Å². The number of carbonyl (C=O) groups is 2. The lowest BCUT2D eigenvalue weighted by atomic mass is 9.75. The van der Waals surface area contributed by atoms with E-state index in [-0.39, 0.29) is 23.8 Å². The number of hydrogen-bond acceptors (Lipinski definition) is 3. The van der Waals surface area contributed by atoms with Crippen molar-refractivity contribution in [1.29, 1.82) is 0 Å². The average Bonchev–Trinajstić information content (AvgIpc) is 2.90. The molecule has 3 heterocycles. The summed E-state index contributed by atoms with van der Waals surface area (Å²) in [6.07, 6.45) is 0.829. The van der Waals surface area contributed by atoms with Crippen LogP contribution in [0.15, 0.2) is 66.7 Å². The summed E-state index contributed by atoms with van der Waals surface area (Å²) in [6.45, 7) is 7.98. The highest BCUT2D eigenvalue weighted by Gasteiger charge is 2.47. The van der Waals surface area contributed by atoms with Crippen LogP contribution in [-0.4, -0.2) is 54.3 Å². The Labute approximate surface area is 207 Å². The molecule has 1 saturated heterocycles. The van der Waals surface area contributed by atoms with Gasteiger partial charge >= 0.3 is 0 Å². The second-order valence-corrected chi connectivity index (χ2v) is 9.99. The zero-order chi connectivity index (χ0) is 24.1. The van der Waals surface area contributed by atoms with Gasteiger partial charge in [0.05, 0.1) is 12.0 Å². The van der Waals surface area contributed by atoms with Crippen LogP contribution in [0.2, 0.25) is 0 Å². The van der Waals surface area contributed by atoms with E-state index in [0.29, 0.717) is 25.2 Å². The third-order valence-corrected chi connectivity index (χ3v) is 8.21. The molecule has 2 unspecified atom stereocenters. The number of rotatable bonds is 2. The first-order valence-electron chi connectivity index (χ1n) is 12.6. The van der Waals surface area contributed by atoms with E-state index < -0.39 is 0 Å². The SMILES string of the molecule is Cc1cccc(N2CCN(C(=O)C3c4ccccc4C(=O)N4CCc5ccccc5C34)CC2)c1C. The van der Waals surface area contributed by atoms with Gasteiger partial charge in [-0.05, 0) is 60.2 Å². The Morgan fingerprint density at radius 1 is 0.800 bits per heavy atom. The molecule has 0 aromatic heterocycles. The van der Waals surface area contributed by atoms with E-state index in [9.17, 15) is 9.59 Å². The standard InChI is InChI=1S/C30H31N3O2/c1-20-8-7-13-26(21(20)2)31-16-18-32(19-17-31)30(35)27-24-11-5-6-12-25(24)29(34)33-15-14-22-9-3-4-10-23(22)28(27)33/h3-13,27-28H,14-19H2,1-2H3. The quantitative estimate of drug-likeness (QED) is 0.560. The van der Waals surface area contributed by atoms with Crippen LogP contribution in [0.1, 0.15) is 50.1 Å². The first kappa shape index (κ1) is 21.9. The first-order valence-corrected chi connectivity index (χ1v) is 12.6. The number of anilines is 1. The Kier molecular flexibility index (Phi) is 5.36. The molecule has 178 valence electrons. The van der Waals surface area contributed by atoms with Gasteiger partial charge in [-0.2, -0.15) is 0 Å². The molecule has 0 saturated carbocycles. The zero-order valence-corrected chi connectivity index (χ0v) is 20.4. The second kappa shape index (κ2) is 8.56. The third kappa shape index (κ3) is 3.53. The van der Waals surface area contributed by atoms with Crippen molar-refractivity contribution >= 4 is 17.5 Å². The molecule has 3 aromatic rings. The summed E-state index contributed by atoms with van der Waals surface area (Å²) in [6, 6.07) is 22.2. The van der Waals surface area contributed by atoms with Crippen molar-refractivity contribution in [3.05, 3.63) is 100 Å². The number of aryl methyl sites for hydroxylation is 1. The summed E-state index contributed by atoms with van der Waals surface area (Å²) in [5.41, 5.74) is 7.78. The number of piperazine rings is 1. The van der Waals surface area contributed by atoms with Crippen molar-refractivity contribution in [2.75, 3.05) is 37.6 Å². The van der Waals surface area contributed by atoms with Crippen molar-refractivity contribution < 1.29 is 9.59 Å². The highest BCUT2D eigenvalue weighted by Crippen LogP contribution is 2.46. The maximum Gasteiger partial charge on any atom is 0.254 e. The minimum absolute atomic E-state index is 0.0453. The number of hydrogen-bond donors (Lipinski definition) is 0. The van der Waals surface area contributed by atoms with Crippen LogP contribution in [0.5, 0.6) is 0 Å². The molecule has 0 bridgehead atoms. The Bertz CT molecular complexity index is 1310. The Morgan fingerprint density at radius 2 is 1.51 bits per heavy atom. The summed E-state index contributed by atoms with van der Waals surface area (Å²) in [5, 5.41) is 0. The van der Waals surface area contributed by atoms with Gasteiger partial charge in [0.1, 0.15) is 0 Å². The minimum Gasteiger partial charge on any atom is -0.368 e. The van der Waals surface area contributed by atoms with E-state index >= 15 is 0 Å². The second-order valence-electron chi connectivity index (χ2n) is 9.99. The average molecular weight is 466 g/mol. The van der Waals surface area contributed by atoms with Gasteiger partial charge < -0.3 is 14.7 Å². The Balaban J connectivity index is 1.33. The van der Waals surface area contributed by atoms with Crippen LogP contribution in [0.4, 0.5) is 5.69 Å². The lowest BCUT2D eigenvalue weighted by molar-refractivity contribution is -0.135. The fraction of sp³-hybridized carbons (Fsp3) is 0.333. The predicted octanol–water partition coefficient (Wildman–Crippen LogP) is 4.49. The van der Waals surface area contributed by atoms with Gasteiger partial charge in [-0.25, -0.2) is 0 Å². The Hall–Kier alpha value is -3.60. The molecule has 0 radical (unpaired) electrons. The molecule has 3 aromatic carbocycles. The van der Waals surface area contributed by atoms with Crippen molar-refractivity contribution in [1.82, 2.24) is 9.80 Å². The summed E-state index contributed by atoms with van der Waals surface area (Å²) >= 11 is 0. The highest BCUT2D eigenvalue weighted by molar-refractivity contribution is 6.01. The number of carbonyl (C=O) groups excluding carboxylic acids is 2. The van der Waals surface area contributed by atoms with Crippen LogP contribution < -0.4 is 4.90 Å². The monoisotopic (exact) mass is 465 g/mol. The van der Waals surface area contributed by atoms with E-state index in [1.165, 1.54) is 22.4 Å². The lowest BCUT2D eigenvalue weighted by Crippen LogP contribution is -2.54. The van der Waals surface area contributed by atoms with Crippen LogP contribution in [0.25, 0.3) is 0 Å². The van der Waals surface area contributed by atoms with Gasteiger partial charge in [-0.1, -0.05) is 54.6 Å². The van der Waals surface area contributed by atoms with Crippen LogP contribution in [-0.2, 0) is 11.2 Å². The van der Waals surface area contributed by atoms with Gasteiger partial charge in [-0.3, -0.25) is 9.59 Å². The van der Waals surface area contributed by atoms with Gasteiger partial charge in [0.2, 0.25) is 5.91 Å². The molecule has 0 N–H and O–H groups in total. The topological polar surface area (TPSA) is 43.9 Å². The number of fused-ring (bicyclic) bond motifs is 4. The number of amides is 2. The number of benzene rings is 3. The van der Waals surface area contributed by atoms with Crippen LogP contribution in [0, 0.1) is 13.8 Å². The molecule has 2 atom stereocenters. The first-order chi connectivity index (χ1) is 17.0. The highest BCUT2D eigenvalue weighted by atomic mass is 16.2. The molecule has 6 rings (SSSR count). The number of nitrogens with zero attached hydrogens (tertiary/aromatic N) is 3. The molecule has 0 aliphatic carbocycles. The maximum atomic E-state index is 14.2. The molecule has 5 heteroatoms. The van der Waals surface area contributed by atoms with Gasteiger partial charge in [0.15, 0.2) is 0 Å². The van der Waals surface area contributed by atoms with E-state index in [0.717, 1.165) is 30.6 Å². The van der Waals surface area contributed by atoms with Crippen molar-refractivity contribution in [2.24, 2.45) is 0 Å². The smallest absolute Gasteiger partial charge is 0.254 e. The fourth-order valence-corrected chi connectivity index (χ4v) is 6.18. The van der Waals surface area contributed by atoms with Crippen LogP contribution in [0.3, 0.4) is 0 Å². The van der Waals surface area contributed by atoms with E-state index in [1.807, 2.05) is 40.1 Å². The Morgan fingerprint density at radius 3 is 2.31 bits per heavy atom. The summed E-state index contributed by atoms with van der Waals surface area (Å²) in [5.74, 6) is -0.196. The zero-order valence-electron chi connectivity index (χ0n) is 20.4. The van der Waals surface area contributed by atoms with Gasteiger partial charge in [0, 0.05) is 44.0 Å². The predicted molar refractivity (Wildman–Crippen MR) is 138 cm³/mol. The van der Waals surface area contributed by atoms with E-state index in [1.54, 1.807) is 0 Å². The normalized spacial score (nSPS) is 21.3. The van der Waals surface area contributed by atoms with Crippen LogP contribution >= 0.6 is 0 Å². The van der Waals surface area contributed by atoms with E-state index in [2.05, 4.69) is 55.1 Å². The lowest BCUT2D eigenvalue weighted by Gasteiger charge is -2.47. The molecule has 0 spiro atoms. The molecule has 35 heavy (non-hydrogen) atoms. The van der Waals surface area contributed by atoms with E-state index in [4.69, 9.17) is 0 Å². The molecular weight excluding hydrogens is 434 g/mol. The van der Waals surface area contributed by atoms with Crippen molar-refractivity contribution in [2.45, 2.75) is 32.2 Å². The van der Waals surface area contributed by atoms with Gasteiger partial charge in [-0.15, -0.1) is 0 Å². The summed E-state index contributed by atoms with van der Waals surface area (Å²) in [7, 11) is 0.